The highest BCUT2D eigenvalue weighted by Gasteiger charge is 2.45. The van der Waals surface area contributed by atoms with Gasteiger partial charge in [-0.2, -0.15) is 0 Å². The van der Waals surface area contributed by atoms with Crippen LogP contribution >= 0.6 is 15.9 Å². The molecular formula is C47H68BrN11O15S. The van der Waals surface area contributed by atoms with Crippen molar-refractivity contribution in [3.63, 3.8) is 0 Å². The van der Waals surface area contributed by atoms with E-state index in [4.69, 9.17) is 10.5 Å². The lowest BCUT2D eigenvalue weighted by Gasteiger charge is -2.32. The highest BCUT2D eigenvalue weighted by Crippen LogP contribution is 2.31. The van der Waals surface area contributed by atoms with Crippen LogP contribution in [0.15, 0.2) is 23.2 Å². The number of rotatable bonds is 16. The number of nitrogens with zero attached hydrogens (tertiary/aromatic N) is 1. The largest absolute Gasteiger partial charge is 0.494 e. The molecule has 10 amide bonds. The summed E-state index contributed by atoms with van der Waals surface area (Å²) in [6, 6.07) is -5.18. The quantitative estimate of drug-likeness (QED) is 0.0560. The van der Waals surface area contributed by atoms with Gasteiger partial charge in [-0.05, 0) is 36.5 Å². The zero-order valence-electron chi connectivity index (χ0n) is 41.9. The summed E-state index contributed by atoms with van der Waals surface area (Å²) in [6.07, 6.45) is -1.40. The van der Waals surface area contributed by atoms with Gasteiger partial charge in [0.15, 0.2) is 0 Å². The maximum Gasteiger partial charge on any atom is 0.246 e. The number of nitrogens with two attached hydrogens (primary N) is 1. The average molecular weight is 1140 g/mol. The van der Waals surface area contributed by atoms with Gasteiger partial charge in [-0.1, -0.05) is 56.0 Å². The number of H-pyrrole nitrogens is 1. The zero-order chi connectivity index (χ0) is 55.1. The molecule has 28 heteroatoms. The number of primary amides is 1. The summed E-state index contributed by atoms with van der Waals surface area (Å²) in [5, 5.41) is 52.2. The number of aromatic nitrogens is 1. The molecule has 1 fully saturated rings. The van der Waals surface area contributed by atoms with Crippen LogP contribution in [0.4, 0.5) is 0 Å². The first kappa shape index (κ1) is 59.6. The first-order valence-electron chi connectivity index (χ1n) is 24.7. The standard InChI is InChI=1S/C47H68BrN11O15S/c1-4-23(2)39-44(70)52-18-37(65)53-32-22-75(73)46-28(27-10-9-26(14-29(27)56-46)74-12-8-6-5-7-11-50-36(64)17-48)15-30(41(67)51-19-38(66)57-39)54-45(71)40(24(3)34(62)21-60)58-43(69)33-13-25(61)20-59(33)47(72)31(16-35(49)63)55-42(32)68/h9-10,14,23-25,30-34,39-40,56,60-62H,4-8,11-13,15-22H2,1-3H3,(H2,49,63)(H,50,64)(H,51,67)(H,52,70)(H,53,65)(H,54,71)(H,55,68)(H,57,66)(H,58,69)/t23-,24+,25+,30+,31-,32+,33-,34+,39-,40-,75?/m0/s1. The zero-order valence-corrected chi connectivity index (χ0v) is 44.3. The first-order chi connectivity index (χ1) is 35.6. The molecule has 14 N–H and O–H groups in total. The molecule has 2 aromatic rings. The topological polar surface area (TPSA) is 399 Å². The maximum atomic E-state index is 14.9. The molecule has 11 atom stereocenters. The molecule has 5 rings (SSSR count). The molecule has 1 aromatic carbocycles. The van der Waals surface area contributed by atoms with Gasteiger partial charge in [0, 0.05) is 43.3 Å². The number of aromatic amines is 1. The van der Waals surface area contributed by atoms with Crippen molar-refractivity contribution >= 4 is 96.7 Å². The Labute approximate surface area is 442 Å². The molecule has 3 aliphatic rings. The predicted octanol–water partition coefficient (Wildman–Crippen LogP) is -4.18. The van der Waals surface area contributed by atoms with Crippen molar-refractivity contribution in [3.05, 3.63) is 23.8 Å². The summed E-state index contributed by atoms with van der Waals surface area (Å²) < 4.78 is 21.0. The van der Waals surface area contributed by atoms with E-state index in [1.165, 1.54) is 6.92 Å². The van der Waals surface area contributed by atoms with Crippen molar-refractivity contribution in [2.45, 2.75) is 126 Å². The number of unbranched alkanes of at least 4 members (excludes halogenated alkanes) is 3. The minimum absolute atomic E-state index is 0.110. The van der Waals surface area contributed by atoms with Crippen LogP contribution in [0.5, 0.6) is 5.75 Å². The lowest BCUT2D eigenvalue weighted by molar-refractivity contribution is -0.144. The molecular weight excluding hydrogens is 1070 g/mol. The fourth-order valence-electron chi connectivity index (χ4n) is 8.83. The Hall–Kier alpha value is -6.23. The number of hydrogen-bond donors (Lipinski definition) is 13. The maximum absolute atomic E-state index is 14.9. The van der Waals surface area contributed by atoms with Crippen LogP contribution in [0.25, 0.3) is 10.9 Å². The number of carbonyl (C=O) groups is 10. The van der Waals surface area contributed by atoms with Crippen molar-refractivity contribution in [2.24, 2.45) is 17.6 Å². The molecule has 2 bridgehead atoms. The van der Waals surface area contributed by atoms with Crippen LogP contribution in [0, 0.1) is 11.8 Å². The summed E-state index contributed by atoms with van der Waals surface area (Å²) >= 11 is 3.11. The van der Waals surface area contributed by atoms with E-state index in [2.05, 4.69) is 63.4 Å². The van der Waals surface area contributed by atoms with E-state index in [1.807, 2.05) is 0 Å². The Bertz CT molecular complexity index is 2480. The number of nitrogens with one attached hydrogen (secondary N) is 9. The summed E-state index contributed by atoms with van der Waals surface area (Å²) in [4.78, 5) is 141. The Balaban J connectivity index is 1.66. The van der Waals surface area contributed by atoms with Crippen LogP contribution in [0.1, 0.15) is 71.3 Å². The highest BCUT2D eigenvalue weighted by atomic mass is 79.9. The number of halogens is 1. The van der Waals surface area contributed by atoms with Gasteiger partial charge in [-0.3, -0.25) is 52.2 Å². The fourth-order valence-corrected chi connectivity index (χ4v) is 10.4. The van der Waals surface area contributed by atoms with Crippen LogP contribution in [0.2, 0.25) is 0 Å². The average Bonchev–Trinajstić information content (AvgIpc) is 3.96. The second-order valence-corrected chi connectivity index (χ2v) is 20.9. The third kappa shape index (κ3) is 16.4. The number of ether oxygens (including phenoxy) is 1. The summed E-state index contributed by atoms with van der Waals surface area (Å²) in [6.45, 7) is 2.60. The smallest absolute Gasteiger partial charge is 0.246 e. The Morgan fingerprint density at radius 3 is 2.25 bits per heavy atom. The molecule has 3 aliphatic heterocycles. The highest BCUT2D eigenvalue weighted by molar-refractivity contribution is 9.09. The number of hydrogen-bond acceptors (Lipinski definition) is 15. The van der Waals surface area contributed by atoms with Crippen LogP contribution in [-0.2, 0) is 65.2 Å². The van der Waals surface area contributed by atoms with Gasteiger partial charge in [-0.15, -0.1) is 0 Å². The van der Waals surface area contributed by atoms with Crippen LogP contribution in [-0.4, -0.2) is 187 Å². The molecule has 0 aliphatic carbocycles. The minimum Gasteiger partial charge on any atom is -0.494 e. The Kier molecular flexibility index (Phi) is 22.3. The monoisotopic (exact) mass is 1140 g/mol. The van der Waals surface area contributed by atoms with Gasteiger partial charge in [0.1, 0.15) is 47.0 Å². The number of alkyl halides is 1. The lowest BCUT2D eigenvalue weighted by atomic mass is 9.93. The van der Waals surface area contributed by atoms with Crippen molar-refractivity contribution < 1.29 is 72.2 Å². The van der Waals surface area contributed by atoms with Gasteiger partial charge in [0.05, 0.1) is 72.3 Å². The van der Waals surface area contributed by atoms with Crippen molar-refractivity contribution in [1.82, 2.24) is 52.4 Å². The van der Waals surface area contributed by atoms with Gasteiger partial charge in [0.2, 0.25) is 59.1 Å². The molecule has 4 heterocycles. The van der Waals surface area contributed by atoms with E-state index in [9.17, 15) is 67.5 Å². The third-order valence-corrected chi connectivity index (χ3v) is 15.3. The van der Waals surface area contributed by atoms with E-state index in [1.54, 1.807) is 32.0 Å². The number of amides is 10. The van der Waals surface area contributed by atoms with E-state index in [0.717, 1.165) is 24.2 Å². The van der Waals surface area contributed by atoms with Gasteiger partial charge in [-0.25, -0.2) is 0 Å². The van der Waals surface area contributed by atoms with E-state index in [0.29, 0.717) is 42.6 Å². The molecule has 1 unspecified atom stereocenters. The van der Waals surface area contributed by atoms with Crippen LogP contribution < -0.4 is 53.0 Å². The van der Waals surface area contributed by atoms with Gasteiger partial charge < -0.3 is 78.2 Å². The van der Waals surface area contributed by atoms with Crippen molar-refractivity contribution in [3.8, 4) is 5.75 Å². The second kappa shape index (κ2) is 28.1. The molecule has 0 spiro atoms. The summed E-state index contributed by atoms with van der Waals surface area (Å²) in [5.74, 6) is -11.5. The number of aliphatic hydroxyl groups is 3. The van der Waals surface area contributed by atoms with E-state index in [-0.39, 0.29) is 21.8 Å². The predicted molar refractivity (Wildman–Crippen MR) is 271 cm³/mol. The molecule has 414 valence electrons. The Morgan fingerprint density at radius 2 is 1.57 bits per heavy atom. The summed E-state index contributed by atoms with van der Waals surface area (Å²) in [7, 11) is -2.38. The first-order valence-corrected chi connectivity index (χ1v) is 27.2. The molecule has 0 radical (unpaired) electrons. The molecule has 0 saturated carbocycles. The number of carbonyl (C=O) groups excluding carboxylic acids is 10. The third-order valence-electron chi connectivity index (χ3n) is 13.3. The SMILES string of the molecule is CC[C@H](C)[C@@H]1NC(=O)CNC(=O)[C@H]2Cc3c([nH]c4cc(OCCCCCCNC(=O)CBr)ccc34)S(=O)C[C@@H](NC(=O)CNC1=O)C(=O)N[C@@H](CC(N)=O)C(=O)N1C[C@H](O)C[C@H]1C(=O)N[C@@H]([C@H](C)[C@H](O)CO)C(=O)N2. The lowest BCUT2D eigenvalue weighted by Crippen LogP contribution is -2.62. The van der Waals surface area contributed by atoms with E-state index < -0.39 is 176 Å². The van der Waals surface area contributed by atoms with Crippen molar-refractivity contribution in [2.75, 3.05) is 50.5 Å². The van der Waals surface area contributed by atoms with Gasteiger partial charge in [0.25, 0.3) is 0 Å². The molecule has 26 nitrogen and oxygen atoms in total. The van der Waals surface area contributed by atoms with Gasteiger partial charge >= 0.3 is 0 Å². The van der Waals surface area contributed by atoms with Crippen LogP contribution in [0.3, 0.4) is 0 Å². The summed E-state index contributed by atoms with van der Waals surface area (Å²) in [5.41, 5.74) is 5.98. The molecule has 1 aromatic heterocycles. The second-order valence-electron chi connectivity index (χ2n) is 18.9. The normalized spacial score (nSPS) is 25.9. The number of aliphatic hydroxyl groups excluding tert-OH is 3. The van der Waals surface area contributed by atoms with E-state index >= 15 is 0 Å². The Morgan fingerprint density at radius 1 is 0.880 bits per heavy atom. The minimum atomic E-state index is -2.38. The number of benzene rings is 1. The van der Waals surface area contributed by atoms with Crippen molar-refractivity contribution in [1.29, 1.82) is 0 Å². The molecule has 1 saturated heterocycles. The fraction of sp³-hybridized carbons (Fsp3) is 0.617. The number of fused-ring (bicyclic) bond motifs is 5. The molecule has 75 heavy (non-hydrogen) atoms.